The molecule has 10 aromatic heterocycles. The van der Waals surface area contributed by atoms with Crippen molar-refractivity contribution in [2.45, 2.75) is 108 Å². The van der Waals surface area contributed by atoms with Crippen LogP contribution in [-0.4, -0.2) is 152 Å². The third-order valence-corrected chi connectivity index (χ3v) is 27.3. The van der Waals surface area contributed by atoms with E-state index in [1.165, 1.54) is 16.7 Å². The second-order valence-electron chi connectivity index (χ2n) is 30.1. The Balaban J connectivity index is 0.000000195. The largest absolute Gasteiger partial charge is 0.466 e. The zero-order chi connectivity index (χ0) is 97.4. The third-order valence-electron chi connectivity index (χ3n) is 20.9. The molecule has 0 aliphatic carbocycles. The Morgan fingerprint density at radius 1 is 0.410 bits per heavy atom. The van der Waals surface area contributed by atoms with Gasteiger partial charge in [0.15, 0.2) is 6.29 Å². The Labute approximate surface area is 843 Å². The molecule has 0 saturated heterocycles. The van der Waals surface area contributed by atoms with Gasteiger partial charge in [-0.2, -0.15) is 0 Å². The zero-order valence-electron chi connectivity index (χ0n) is 76.7. The Hall–Kier alpha value is -9.83. The summed E-state index contributed by atoms with van der Waals surface area (Å²) in [5.41, 5.74) is 19.1. The quantitative estimate of drug-likeness (QED) is 0.00579. The van der Waals surface area contributed by atoms with Crippen LogP contribution in [0, 0.1) is 28.4 Å². The number of H-pyrrole nitrogens is 5. The Bertz CT molecular complexity index is 6350. The number of methoxy groups -OCH3 is 2. The number of esters is 5. The molecule has 0 aliphatic heterocycles. The van der Waals surface area contributed by atoms with E-state index in [-0.39, 0.29) is 47.6 Å². The lowest BCUT2D eigenvalue weighted by Gasteiger charge is -2.31. The molecule has 0 aliphatic rings. The molecule has 23 nitrogen and oxygen atoms in total. The van der Waals surface area contributed by atoms with Crippen LogP contribution < -0.4 is 15.9 Å². The van der Waals surface area contributed by atoms with Crippen LogP contribution in [0.1, 0.15) is 119 Å². The number of carbonyl (C=O) groups is 6. The van der Waals surface area contributed by atoms with Gasteiger partial charge in [0.05, 0.1) is 129 Å². The number of aryl methyl sites for hydroxylation is 1. The molecule has 15 aromatic rings. The second kappa shape index (κ2) is 56.6. The lowest BCUT2D eigenvalue weighted by molar-refractivity contribution is -0.148. The van der Waals surface area contributed by atoms with Crippen molar-refractivity contribution < 1.29 is 61.9 Å². The first-order chi connectivity index (χ1) is 64.7. The number of benzene rings is 5. The van der Waals surface area contributed by atoms with Crippen LogP contribution in [0.2, 0.25) is 25.8 Å². The van der Waals surface area contributed by atoms with Gasteiger partial charge in [-0.15, -0.1) is 0 Å². The highest BCUT2D eigenvalue weighted by Gasteiger charge is 2.32. The minimum atomic E-state index is -2.29. The van der Waals surface area contributed by atoms with E-state index in [1.807, 2.05) is 139 Å². The zero-order valence-corrected chi connectivity index (χ0v) is 87.8. The summed E-state index contributed by atoms with van der Waals surface area (Å²) in [4.78, 5) is 108. The summed E-state index contributed by atoms with van der Waals surface area (Å²) in [7, 11) is 3.43. The molecular weight excluding hydrogens is 2160 g/mol. The van der Waals surface area contributed by atoms with Gasteiger partial charge in [-0.3, -0.25) is 19.2 Å². The van der Waals surface area contributed by atoms with Crippen LogP contribution in [0.15, 0.2) is 224 Å². The normalized spacial score (nSPS) is 11.6. The molecule has 0 spiro atoms. The Kier molecular flexibility index (Phi) is 46.3. The maximum Gasteiger partial charge on any atom is 0.334 e. The van der Waals surface area contributed by atoms with Crippen molar-refractivity contribution in [2.75, 3.05) is 60.5 Å². The highest BCUT2D eigenvalue weighted by atomic mass is 128. The van der Waals surface area contributed by atoms with Crippen molar-refractivity contribution >= 4 is 243 Å². The second-order valence-corrected chi connectivity index (χ2v) is 36.7. The molecule has 0 radical (unpaired) electrons. The number of nitrogens with zero attached hydrogens (tertiary/aromatic N) is 5. The average molecular weight is 2270 g/mol. The summed E-state index contributed by atoms with van der Waals surface area (Å²) in [5.74, 6) is -1.81. The lowest BCUT2D eigenvalue weighted by Crippen LogP contribution is -2.33. The molecule has 134 heavy (non-hydrogen) atoms. The number of halogens is 8. The fourth-order valence-electron chi connectivity index (χ4n) is 14.4. The van der Waals surface area contributed by atoms with Gasteiger partial charge in [0.2, 0.25) is 0 Å². The molecule has 5 aromatic carbocycles. The van der Waals surface area contributed by atoms with Gasteiger partial charge in [0.25, 0.3) is 0 Å². The molecule has 0 bridgehead atoms. The maximum absolute atomic E-state index is 12.9. The lowest BCUT2D eigenvalue weighted by atomic mass is 9.94. The summed E-state index contributed by atoms with van der Waals surface area (Å²) < 4.78 is 36.8. The van der Waals surface area contributed by atoms with E-state index < -0.39 is 6.89 Å². The Morgan fingerprint density at radius 2 is 0.776 bits per heavy atom. The molecule has 32 heteroatoms. The number of fused-ring (bicyclic) bond motifs is 5. The van der Waals surface area contributed by atoms with E-state index in [0.717, 1.165) is 134 Å². The number of aromatic amines is 5. The van der Waals surface area contributed by atoms with Gasteiger partial charge in [-0.05, 0) is 222 Å². The average Bonchev–Trinajstić information content (AvgIpc) is 0.985. The highest BCUT2D eigenvalue weighted by Crippen LogP contribution is 2.47. The number of nitrogens with one attached hydrogen (secondary N) is 5. The van der Waals surface area contributed by atoms with Crippen LogP contribution in [0.25, 0.3) is 72.5 Å². The third kappa shape index (κ3) is 30.8. The standard InChI is InChI=1S/C23H23O2P.C22H25ClN2O3.C13H14ClIN2O2.C13H15ClN2O2.C13H13ClN2O2.C10H14O.C8H5ClN2O.I2/c1-3-25-23(24)19(2)26(20-13-7-4-8-14-20,21-15-9-5-10-16-21)22-17-11-6-12-18-22;1-4-28-22(26)14(2)13-17-20(24-18-9-10-19(23)25-21(17)18)16-8-6-5-7-15(16)11-12-27-3;1-3-19-13(18)7(2)6-8-11-9(16-12(8)15)4-5-10(14)17-11;2*1-3-18-13(17)8(2)6-9-7-15-10-4-5-11(14)16-12(9)10;1-9-5-3-4-6-10(9)7-8-11-2;9-7-2-1-6-8(11-7)5(4-12)3-10-6;1-2/h4-18H,3H2,1-2H3;5-10,14,24H,4,11-13H2,1-3H3;4-5,7,16H,3,6H2,1-2H3;4-5,7-8,15H,3,6H2,1-2H3;4-7,15H,3H2,1-2H3;3-6H,7-8H2,1-2H3;1-4,10H;/b;;;;8-6+;;;. The summed E-state index contributed by atoms with van der Waals surface area (Å²) in [6, 6.07) is 65.5. The first-order valence-electron chi connectivity index (χ1n) is 43.2. The number of pyridine rings is 5. The van der Waals surface area contributed by atoms with Crippen molar-refractivity contribution in [2.24, 2.45) is 17.8 Å². The molecule has 15 rings (SSSR count). The van der Waals surface area contributed by atoms with Crippen LogP contribution in [0.5, 0.6) is 0 Å². The number of hydrogen-bond donors (Lipinski definition) is 5. The smallest absolute Gasteiger partial charge is 0.334 e. The van der Waals surface area contributed by atoms with E-state index in [1.54, 1.807) is 96.8 Å². The number of hydrogen-bond acceptors (Lipinski definition) is 18. The molecule has 0 amide bonds. The van der Waals surface area contributed by atoms with E-state index in [9.17, 15) is 28.8 Å². The van der Waals surface area contributed by atoms with Gasteiger partial charge in [-0.1, -0.05) is 218 Å². The molecule has 3 atom stereocenters. The summed E-state index contributed by atoms with van der Waals surface area (Å²) in [6.45, 7) is 21.5. The van der Waals surface area contributed by atoms with Crippen molar-refractivity contribution in [3.8, 4) is 11.3 Å². The van der Waals surface area contributed by atoms with Crippen molar-refractivity contribution in [1.82, 2.24) is 49.8 Å². The van der Waals surface area contributed by atoms with Crippen LogP contribution >= 0.6 is 125 Å². The highest BCUT2D eigenvalue weighted by molar-refractivity contribution is 15.0. The molecule has 706 valence electrons. The fourth-order valence-corrected chi connectivity index (χ4v) is 20.1. The molecule has 0 saturated carbocycles. The number of rotatable bonds is 28. The predicted octanol–water partition coefficient (Wildman–Crippen LogP) is 24.2. The number of ether oxygens (including phenoxy) is 7. The SMILES string of the molecule is CCOC(=O)/C(C)=C/c1c[nH]c2ccc(Cl)nc12.CCOC(=O)C(C)=P(c1ccccc1)(c1ccccc1)c1ccccc1.CCOC(=O)C(C)Cc1c(-c2ccccc2CCOC)[nH]c2ccc(Cl)nc12.CCOC(=O)C(C)Cc1c(I)[nH]c2ccc(Cl)nc12.CCOC(=O)C(C)Cc1c[nH]c2ccc(Cl)nc12.COCCc1ccccc1C.II.O=Cc1c[nH]c2ccc(Cl)nc12. The summed E-state index contributed by atoms with van der Waals surface area (Å²) >= 11 is 35.9. The topological polar surface area (TPSA) is 310 Å². The first kappa shape index (κ1) is 109. The van der Waals surface area contributed by atoms with Crippen LogP contribution in [0.3, 0.4) is 0 Å². The first-order valence-corrected chi connectivity index (χ1v) is 54.2. The molecular formula is C102H109Cl5I3N10O13P. The molecule has 0 fully saturated rings. The van der Waals surface area contributed by atoms with Crippen molar-refractivity contribution in [3.05, 3.63) is 298 Å². The minimum Gasteiger partial charge on any atom is -0.466 e. The Morgan fingerprint density at radius 3 is 1.24 bits per heavy atom. The minimum absolute atomic E-state index is 0.185. The van der Waals surface area contributed by atoms with E-state index in [0.29, 0.717) is 101 Å². The molecule has 5 N–H and O–H groups in total. The maximum atomic E-state index is 12.9. The number of carbonyl (C=O) groups excluding carboxylic acids is 6. The number of aldehydes is 1. The van der Waals surface area contributed by atoms with Gasteiger partial charge in [0.1, 0.15) is 31.3 Å². The van der Waals surface area contributed by atoms with Gasteiger partial charge >= 0.3 is 29.8 Å². The van der Waals surface area contributed by atoms with Crippen LogP contribution in [0.4, 0.5) is 0 Å². The van der Waals surface area contributed by atoms with Gasteiger partial charge in [0, 0.05) is 103 Å². The summed E-state index contributed by atoms with van der Waals surface area (Å²) in [5, 5.41) is 6.38. The van der Waals surface area contributed by atoms with E-state index in [4.69, 9.17) is 91.2 Å². The van der Waals surface area contributed by atoms with Gasteiger partial charge in [-0.25, -0.2) is 34.5 Å². The van der Waals surface area contributed by atoms with Crippen LogP contribution in [-0.2, 0) is 89.2 Å². The van der Waals surface area contributed by atoms with E-state index in [2.05, 4.69) is 189 Å². The monoisotopic (exact) mass is 2270 g/mol. The van der Waals surface area contributed by atoms with Gasteiger partial charge < -0.3 is 58.1 Å². The fraction of sp³-hybridized carbons (Fsp3) is 0.275. The van der Waals surface area contributed by atoms with E-state index >= 15 is 0 Å². The van der Waals surface area contributed by atoms with Crippen molar-refractivity contribution in [3.63, 3.8) is 0 Å². The molecule has 10 heterocycles. The van der Waals surface area contributed by atoms with Crippen molar-refractivity contribution in [1.29, 1.82) is 0 Å². The predicted molar refractivity (Wildman–Crippen MR) is 571 cm³/mol. The summed E-state index contributed by atoms with van der Waals surface area (Å²) in [6.07, 6.45) is 11.3. The number of aromatic nitrogens is 10. The molecule has 3 unspecified atom stereocenters.